The standard InChI is InChI=1S/C15H12F2N6O2S/c16-10-2-1-3-11(17)12(10)13(24)23-14(18)21-15(22-23)20-8-4-6-9(7-5-8)26(19)25/h1-7H,19H2,(H3,18,20,21,22). The van der Waals surface area contributed by atoms with E-state index in [2.05, 4.69) is 15.4 Å². The highest BCUT2D eigenvalue weighted by molar-refractivity contribution is 7.82. The van der Waals surface area contributed by atoms with Gasteiger partial charge in [-0.1, -0.05) is 6.07 Å². The zero-order chi connectivity index (χ0) is 18.8. The highest BCUT2D eigenvalue weighted by atomic mass is 32.2. The molecule has 0 spiro atoms. The largest absolute Gasteiger partial charge is 0.368 e. The minimum atomic E-state index is -1.61. The first-order valence-electron chi connectivity index (χ1n) is 7.11. The first kappa shape index (κ1) is 17.6. The molecule has 5 N–H and O–H groups in total. The number of aromatic nitrogens is 3. The smallest absolute Gasteiger partial charge is 0.287 e. The molecular formula is C15H12F2N6O2S. The van der Waals surface area contributed by atoms with Crippen molar-refractivity contribution in [1.82, 2.24) is 14.8 Å². The van der Waals surface area contributed by atoms with Crippen LogP contribution in [0.3, 0.4) is 0 Å². The lowest BCUT2D eigenvalue weighted by molar-refractivity contribution is 0.0939. The number of hydrogen-bond acceptors (Lipinski definition) is 6. The van der Waals surface area contributed by atoms with E-state index in [0.717, 1.165) is 18.2 Å². The Morgan fingerprint density at radius 3 is 2.31 bits per heavy atom. The predicted molar refractivity (Wildman–Crippen MR) is 90.8 cm³/mol. The summed E-state index contributed by atoms with van der Waals surface area (Å²) in [5.41, 5.74) is 5.34. The molecule has 1 heterocycles. The lowest BCUT2D eigenvalue weighted by atomic mass is 10.2. The Bertz CT molecular complexity index is 986. The monoisotopic (exact) mass is 378 g/mol. The molecule has 1 atom stereocenters. The van der Waals surface area contributed by atoms with Gasteiger partial charge in [-0.3, -0.25) is 4.79 Å². The van der Waals surface area contributed by atoms with Gasteiger partial charge < -0.3 is 11.1 Å². The van der Waals surface area contributed by atoms with E-state index >= 15 is 0 Å². The van der Waals surface area contributed by atoms with E-state index in [1.165, 1.54) is 12.1 Å². The molecule has 8 nitrogen and oxygen atoms in total. The second-order valence-electron chi connectivity index (χ2n) is 5.05. The van der Waals surface area contributed by atoms with Crippen LogP contribution >= 0.6 is 0 Å². The van der Waals surface area contributed by atoms with Gasteiger partial charge in [0.2, 0.25) is 11.9 Å². The number of nitrogens with zero attached hydrogens (tertiary/aromatic N) is 3. The van der Waals surface area contributed by atoms with E-state index in [9.17, 15) is 17.8 Å². The number of halogens is 2. The molecule has 2 aromatic carbocycles. The molecule has 0 fully saturated rings. The van der Waals surface area contributed by atoms with Gasteiger partial charge in [0.05, 0.1) is 4.90 Å². The van der Waals surface area contributed by atoms with Crippen LogP contribution in [-0.4, -0.2) is 24.9 Å². The summed E-state index contributed by atoms with van der Waals surface area (Å²) in [6, 6.07) is 9.22. The molecule has 3 aromatic rings. The summed E-state index contributed by atoms with van der Waals surface area (Å²) in [5, 5.41) is 11.8. The number of hydrogen-bond donors (Lipinski definition) is 3. The second-order valence-corrected chi connectivity index (χ2v) is 6.12. The topological polar surface area (TPSA) is 129 Å². The van der Waals surface area contributed by atoms with Gasteiger partial charge in [0.1, 0.15) is 28.2 Å². The van der Waals surface area contributed by atoms with Crippen LogP contribution < -0.4 is 16.2 Å². The van der Waals surface area contributed by atoms with Gasteiger partial charge in [-0.05, 0) is 36.4 Å². The highest BCUT2D eigenvalue weighted by Gasteiger charge is 2.22. The van der Waals surface area contributed by atoms with Gasteiger partial charge in [0.25, 0.3) is 5.91 Å². The summed E-state index contributed by atoms with van der Waals surface area (Å²) in [6.45, 7) is 0. The molecule has 11 heteroatoms. The summed E-state index contributed by atoms with van der Waals surface area (Å²) in [6.07, 6.45) is 0. The van der Waals surface area contributed by atoms with Crippen molar-refractivity contribution in [2.75, 3.05) is 11.1 Å². The summed E-state index contributed by atoms with van der Waals surface area (Å²) >= 11 is 0. The maximum absolute atomic E-state index is 13.8. The molecule has 0 radical (unpaired) electrons. The first-order chi connectivity index (χ1) is 12.4. The zero-order valence-corrected chi connectivity index (χ0v) is 13.8. The number of benzene rings is 2. The maximum Gasteiger partial charge on any atom is 0.287 e. The first-order valence-corrected chi connectivity index (χ1v) is 8.32. The van der Waals surface area contributed by atoms with Gasteiger partial charge in [0, 0.05) is 5.69 Å². The predicted octanol–water partition coefficient (Wildman–Crippen LogP) is 1.55. The molecule has 26 heavy (non-hydrogen) atoms. The zero-order valence-electron chi connectivity index (χ0n) is 13.0. The lowest BCUT2D eigenvalue weighted by Crippen LogP contribution is -2.19. The molecule has 0 saturated heterocycles. The fourth-order valence-corrected chi connectivity index (χ4v) is 2.54. The van der Waals surface area contributed by atoms with Gasteiger partial charge in [-0.25, -0.2) is 18.1 Å². The van der Waals surface area contributed by atoms with Crippen molar-refractivity contribution in [3.05, 3.63) is 59.7 Å². The number of nitrogens with two attached hydrogens (primary N) is 2. The van der Waals surface area contributed by atoms with Crippen molar-refractivity contribution in [1.29, 1.82) is 0 Å². The van der Waals surface area contributed by atoms with Crippen molar-refractivity contribution < 1.29 is 17.8 Å². The van der Waals surface area contributed by atoms with E-state index in [-0.39, 0.29) is 11.9 Å². The van der Waals surface area contributed by atoms with Crippen LogP contribution in [0.1, 0.15) is 10.4 Å². The van der Waals surface area contributed by atoms with Crippen LogP contribution in [0.25, 0.3) is 0 Å². The van der Waals surface area contributed by atoms with Crippen molar-refractivity contribution in [2.24, 2.45) is 5.14 Å². The number of anilines is 3. The number of nitrogen functional groups attached to an aromatic ring is 1. The van der Waals surface area contributed by atoms with Crippen molar-refractivity contribution >= 4 is 34.5 Å². The third-order valence-corrected chi connectivity index (χ3v) is 4.08. The Balaban J connectivity index is 1.87. The minimum Gasteiger partial charge on any atom is -0.368 e. The SMILES string of the molecule is Nc1nc(Nc2ccc(S(N)=O)cc2)nn1C(=O)c1c(F)cccc1F. The Kier molecular flexibility index (Phi) is 4.73. The molecule has 0 amide bonds. The minimum absolute atomic E-state index is 0.0609. The van der Waals surface area contributed by atoms with E-state index in [1.807, 2.05) is 0 Å². The van der Waals surface area contributed by atoms with E-state index in [1.54, 1.807) is 12.1 Å². The molecular weight excluding hydrogens is 366 g/mol. The third-order valence-electron chi connectivity index (χ3n) is 3.34. The molecule has 0 aliphatic heterocycles. The van der Waals surface area contributed by atoms with Crippen LogP contribution in [0.15, 0.2) is 47.4 Å². The van der Waals surface area contributed by atoms with Crippen LogP contribution in [-0.2, 0) is 11.0 Å². The molecule has 0 aliphatic carbocycles. The quantitative estimate of drug-likeness (QED) is 0.632. The Labute approximate surface area is 148 Å². The van der Waals surface area contributed by atoms with E-state index in [0.29, 0.717) is 15.3 Å². The van der Waals surface area contributed by atoms with Gasteiger partial charge in [0.15, 0.2) is 0 Å². The molecule has 134 valence electrons. The number of rotatable bonds is 4. The molecule has 0 bridgehead atoms. The fourth-order valence-electron chi connectivity index (χ4n) is 2.14. The third kappa shape index (κ3) is 3.43. The molecule has 0 aliphatic rings. The Morgan fingerprint density at radius 2 is 1.73 bits per heavy atom. The molecule has 0 saturated carbocycles. The normalized spacial score (nSPS) is 12.0. The average molecular weight is 378 g/mol. The van der Waals surface area contributed by atoms with Crippen molar-refractivity contribution in [3.63, 3.8) is 0 Å². The highest BCUT2D eigenvalue weighted by Crippen LogP contribution is 2.19. The van der Waals surface area contributed by atoms with Gasteiger partial charge >= 0.3 is 0 Å². The van der Waals surface area contributed by atoms with Crippen molar-refractivity contribution in [3.8, 4) is 0 Å². The summed E-state index contributed by atoms with van der Waals surface area (Å²) < 4.78 is 39.3. The average Bonchev–Trinajstić information content (AvgIpc) is 2.95. The van der Waals surface area contributed by atoms with Gasteiger partial charge in [-0.2, -0.15) is 9.67 Å². The lowest BCUT2D eigenvalue weighted by Gasteiger charge is -2.04. The molecule has 1 unspecified atom stereocenters. The van der Waals surface area contributed by atoms with Gasteiger partial charge in [-0.15, -0.1) is 5.10 Å². The Morgan fingerprint density at radius 1 is 1.12 bits per heavy atom. The summed E-state index contributed by atoms with van der Waals surface area (Å²) in [5.74, 6) is -3.57. The summed E-state index contributed by atoms with van der Waals surface area (Å²) in [4.78, 5) is 16.6. The maximum atomic E-state index is 13.8. The second kappa shape index (κ2) is 6.98. The van der Waals surface area contributed by atoms with E-state index in [4.69, 9.17) is 10.9 Å². The molecule has 1 aromatic heterocycles. The Hall–Kier alpha value is -3.18. The fraction of sp³-hybridized carbons (Fsp3) is 0. The number of nitrogens with one attached hydrogen (secondary N) is 1. The number of carbonyl (C=O) groups excluding carboxylic acids is 1. The number of carbonyl (C=O) groups is 1. The van der Waals surface area contributed by atoms with Crippen LogP contribution in [0.4, 0.5) is 26.4 Å². The van der Waals surface area contributed by atoms with Crippen molar-refractivity contribution in [2.45, 2.75) is 4.90 Å². The van der Waals surface area contributed by atoms with Crippen LogP contribution in [0.2, 0.25) is 0 Å². The van der Waals surface area contributed by atoms with Crippen LogP contribution in [0, 0.1) is 11.6 Å². The van der Waals surface area contributed by atoms with E-state index < -0.39 is 34.1 Å². The molecule has 3 rings (SSSR count). The van der Waals surface area contributed by atoms with Crippen LogP contribution in [0.5, 0.6) is 0 Å². The summed E-state index contributed by atoms with van der Waals surface area (Å²) in [7, 11) is -1.61.